The lowest BCUT2D eigenvalue weighted by Gasteiger charge is -2.21. The van der Waals surface area contributed by atoms with Crippen molar-refractivity contribution in [3.05, 3.63) is 29.6 Å². The molecule has 5 nitrogen and oxygen atoms in total. The van der Waals surface area contributed by atoms with Crippen LogP contribution in [-0.2, 0) is 16.6 Å². The van der Waals surface area contributed by atoms with Crippen LogP contribution in [-0.4, -0.2) is 39.0 Å². The number of nitrogens with one attached hydrogen (secondary N) is 1. The summed E-state index contributed by atoms with van der Waals surface area (Å²) in [6.07, 6.45) is 2.29. The summed E-state index contributed by atoms with van der Waals surface area (Å²) in [5, 5.41) is 0. The molecule has 1 fully saturated rings. The third-order valence-electron chi connectivity index (χ3n) is 3.61. The van der Waals surface area contributed by atoms with Crippen LogP contribution in [0.5, 0.6) is 0 Å². The Hall–Kier alpha value is -1.02. The van der Waals surface area contributed by atoms with Gasteiger partial charge in [0, 0.05) is 19.1 Å². The zero-order valence-corrected chi connectivity index (χ0v) is 13.0. The van der Waals surface area contributed by atoms with Crippen molar-refractivity contribution >= 4 is 10.0 Å². The van der Waals surface area contributed by atoms with Gasteiger partial charge in [-0.25, -0.2) is 17.5 Å². The highest BCUT2D eigenvalue weighted by atomic mass is 32.2. The molecule has 1 heterocycles. The van der Waals surface area contributed by atoms with E-state index in [0.29, 0.717) is 12.1 Å². The van der Waals surface area contributed by atoms with Gasteiger partial charge in [0.15, 0.2) is 0 Å². The quantitative estimate of drug-likeness (QED) is 0.823. The molecule has 0 bridgehead atoms. The predicted molar refractivity (Wildman–Crippen MR) is 79.7 cm³/mol. The summed E-state index contributed by atoms with van der Waals surface area (Å²) in [5.74, 6) is -0.765. The van der Waals surface area contributed by atoms with Gasteiger partial charge in [-0.15, -0.1) is 0 Å². The number of nitrogens with zero attached hydrogens (tertiary/aromatic N) is 1. The summed E-state index contributed by atoms with van der Waals surface area (Å²) in [6, 6.07) is 3.70. The van der Waals surface area contributed by atoms with Gasteiger partial charge in [0.05, 0.1) is 0 Å². The molecule has 1 aromatic carbocycles. The molecule has 1 atom stereocenters. The number of rotatable bonds is 6. The molecule has 0 aliphatic carbocycles. The van der Waals surface area contributed by atoms with Crippen LogP contribution < -0.4 is 10.5 Å². The molecule has 1 aromatic rings. The molecule has 118 valence electrons. The molecule has 1 aliphatic rings. The van der Waals surface area contributed by atoms with Gasteiger partial charge >= 0.3 is 0 Å². The van der Waals surface area contributed by atoms with Gasteiger partial charge in [-0.2, -0.15) is 0 Å². The minimum Gasteiger partial charge on any atom is -0.326 e. The second-order valence-corrected chi connectivity index (χ2v) is 7.18. The van der Waals surface area contributed by atoms with Crippen molar-refractivity contribution in [1.82, 2.24) is 9.62 Å². The Kier molecular flexibility index (Phi) is 5.32. The van der Waals surface area contributed by atoms with Crippen molar-refractivity contribution in [3.8, 4) is 0 Å². The largest absolute Gasteiger partial charge is 0.326 e. The number of halogens is 1. The maximum atomic E-state index is 13.9. The van der Waals surface area contributed by atoms with Gasteiger partial charge in [0.25, 0.3) is 0 Å². The van der Waals surface area contributed by atoms with E-state index in [-0.39, 0.29) is 17.5 Å². The molecule has 21 heavy (non-hydrogen) atoms. The molecule has 0 saturated carbocycles. The maximum absolute atomic E-state index is 13.9. The van der Waals surface area contributed by atoms with Crippen LogP contribution in [0, 0.1) is 5.82 Å². The minimum absolute atomic E-state index is 0.177. The van der Waals surface area contributed by atoms with E-state index in [2.05, 4.69) is 9.62 Å². The van der Waals surface area contributed by atoms with Crippen molar-refractivity contribution in [1.29, 1.82) is 0 Å². The molecule has 0 spiro atoms. The van der Waals surface area contributed by atoms with Crippen LogP contribution >= 0.6 is 0 Å². The molecule has 0 radical (unpaired) electrons. The van der Waals surface area contributed by atoms with Gasteiger partial charge < -0.3 is 10.6 Å². The molecule has 1 aliphatic heterocycles. The second-order valence-electron chi connectivity index (χ2n) is 5.50. The van der Waals surface area contributed by atoms with Gasteiger partial charge in [-0.3, -0.25) is 0 Å². The Bertz CT molecular complexity index is 586. The summed E-state index contributed by atoms with van der Waals surface area (Å²) >= 11 is 0. The number of hydrogen-bond donors (Lipinski definition) is 2. The van der Waals surface area contributed by atoms with Crippen LogP contribution in [0.4, 0.5) is 4.39 Å². The lowest BCUT2D eigenvalue weighted by atomic mass is 10.2. The van der Waals surface area contributed by atoms with E-state index >= 15 is 0 Å². The number of hydrogen-bond acceptors (Lipinski definition) is 4. The normalized spacial score (nSPS) is 18.0. The Morgan fingerprint density at radius 2 is 2.05 bits per heavy atom. The summed E-state index contributed by atoms with van der Waals surface area (Å²) in [5.41, 5.74) is 5.98. The van der Waals surface area contributed by atoms with Crippen LogP contribution in [0.1, 0.15) is 25.3 Å². The van der Waals surface area contributed by atoms with E-state index in [1.165, 1.54) is 18.2 Å². The van der Waals surface area contributed by atoms with Gasteiger partial charge in [0.2, 0.25) is 10.0 Å². The fourth-order valence-electron chi connectivity index (χ4n) is 2.61. The van der Waals surface area contributed by atoms with E-state index in [1.54, 1.807) is 6.92 Å². The molecule has 7 heteroatoms. The molecular formula is C14H22FN3O2S. The third kappa shape index (κ3) is 4.23. The number of nitrogens with two attached hydrogens (primary N) is 1. The lowest BCUT2D eigenvalue weighted by molar-refractivity contribution is 0.312. The zero-order valence-electron chi connectivity index (χ0n) is 12.2. The Morgan fingerprint density at radius 3 is 2.62 bits per heavy atom. The van der Waals surface area contributed by atoms with Gasteiger partial charge in [-0.1, -0.05) is 6.07 Å². The average molecular weight is 315 g/mol. The van der Waals surface area contributed by atoms with Crippen LogP contribution in [0.2, 0.25) is 0 Å². The highest BCUT2D eigenvalue weighted by molar-refractivity contribution is 7.89. The van der Waals surface area contributed by atoms with Crippen LogP contribution in [0.3, 0.4) is 0 Å². The first kappa shape index (κ1) is 16.4. The minimum atomic E-state index is -3.85. The van der Waals surface area contributed by atoms with E-state index in [4.69, 9.17) is 5.73 Å². The van der Waals surface area contributed by atoms with Crippen LogP contribution in [0.15, 0.2) is 23.1 Å². The summed E-state index contributed by atoms with van der Waals surface area (Å²) in [7, 11) is -3.85. The van der Waals surface area contributed by atoms with Crippen molar-refractivity contribution in [2.45, 2.75) is 37.2 Å². The number of likely N-dealkylation sites (tertiary alicyclic amines) is 1. The average Bonchev–Trinajstić information content (AvgIpc) is 2.90. The molecule has 1 saturated heterocycles. The monoisotopic (exact) mass is 315 g/mol. The molecule has 3 N–H and O–H groups in total. The SMILES string of the molecule is CC(CN1CCCC1)NS(=O)(=O)c1ccc(CN)cc1F. The highest BCUT2D eigenvalue weighted by Gasteiger charge is 2.23. The highest BCUT2D eigenvalue weighted by Crippen LogP contribution is 2.17. The van der Waals surface area contributed by atoms with Crippen molar-refractivity contribution in [2.24, 2.45) is 5.73 Å². The molecule has 1 unspecified atom stereocenters. The smallest absolute Gasteiger partial charge is 0.243 e. The maximum Gasteiger partial charge on any atom is 0.243 e. The fourth-order valence-corrected chi connectivity index (χ4v) is 3.90. The predicted octanol–water partition coefficient (Wildman–Crippen LogP) is 1.05. The van der Waals surface area contributed by atoms with Crippen molar-refractivity contribution in [3.63, 3.8) is 0 Å². The number of benzene rings is 1. The summed E-state index contributed by atoms with van der Waals surface area (Å²) in [4.78, 5) is 1.88. The molecule has 0 aromatic heterocycles. The van der Waals surface area contributed by atoms with E-state index in [9.17, 15) is 12.8 Å². The van der Waals surface area contributed by atoms with Gasteiger partial charge in [0.1, 0.15) is 10.7 Å². The zero-order chi connectivity index (χ0) is 15.5. The van der Waals surface area contributed by atoms with Crippen molar-refractivity contribution in [2.75, 3.05) is 19.6 Å². The lowest BCUT2D eigenvalue weighted by Crippen LogP contribution is -2.41. The third-order valence-corrected chi connectivity index (χ3v) is 5.23. The fraction of sp³-hybridized carbons (Fsp3) is 0.571. The van der Waals surface area contributed by atoms with Crippen molar-refractivity contribution < 1.29 is 12.8 Å². The summed E-state index contributed by atoms with van der Waals surface area (Å²) in [6.45, 7) is 4.59. The Morgan fingerprint density at radius 1 is 1.38 bits per heavy atom. The Balaban J connectivity index is 2.06. The first-order valence-corrected chi connectivity index (χ1v) is 8.64. The van der Waals surface area contributed by atoms with E-state index in [1.807, 2.05) is 0 Å². The first-order valence-electron chi connectivity index (χ1n) is 7.15. The first-order chi connectivity index (χ1) is 9.92. The number of sulfonamides is 1. The van der Waals surface area contributed by atoms with E-state index < -0.39 is 15.8 Å². The van der Waals surface area contributed by atoms with E-state index in [0.717, 1.165) is 25.9 Å². The Labute approximate surface area is 125 Å². The summed E-state index contributed by atoms with van der Waals surface area (Å²) < 4.78 is 40.9. The topological polar surface area (TPSA) is 75.4 Å². The van der Waals surface area contributed by atoms with Gasteiger partial charge in [-0.05, 0) is 50.6 Å². The molecule has 2 rings (SSSR count). The molecule has 0 amide bonds. The standard InChI is InChI=1S/C14H22FN3O2S/c1-11(10-18-6-2-3-7-18)17-21(19,20)14-5-4-12(9-16)8-13(14)15/h4-5,8,11,17H,2-3,6-7,9-10,16H2,1H3. The molecular weight excluding hydrogens is 293 g/mol. The van der Waals surface area contributed by atoms with Crippen LogP contribution in [0.25, 0.3) is 0 Å². The second kappa shape index (κ2) is 6.83.